The molecule has 1 aromatic carbocycles. The molecule has 0 aliphatic carbocycles. The van der Waals surface area contributed by atoms with E-state index in [1.165, 1.54) is 0 Å². The van der Waals surface area contributed by atoms with Gasteiger partial charge in [0.15, 0.2) is 11.5 Å². The number of halogens is 1. The molecule has 0 atom stereocenters. The summed E-state index contributed by atoms with van der Waals surface area (Å²) in [5.74, 6) is 0.283. The fourth-order valence-corrected chi connectivity index (χ4v) is 1.92. The van der Waals surface area contributed by atoms with Gasteiger partial charge in [0.1, 0.15) is 0 Å². The summed E-state index contributed by atoms with van der Waals surface area (Å²) in [6.07, 6.45) is 1.58. The number of nitrogens with one attached hydrogen (secondary N) is 1. The van der Waals surface area contributed by atoms with Crippen LogP contribution in [0.2, 0.25) is 5.02 Å². The highest BCUT2D eigenvalue weighted by Crippen LogP contribution is 2.36. The molecule has 0 saturated heterocycles. The van der Waals surface area contributed by atoms with E-state index in [0.717, 1.165) is 10.9 Å². The average molecular weight is 273 g/mol. The number of aromatic nitrogens is 2. The molecular weight excluding hydrogens is 264 g/mol. The second-order valence-corrected chi connectivity index (χ2v) is 4.28. The van der Waals surface area contributed by atoms with Gasteiger partial charge in [-0.2, -0.15) is 0 Å². The fraction of sp³-hybridized carbons (Fsp3) is 0. The Morgan fingerprint density at radius 2 is 1.95 bits per heavy atom. The van der Waals surface area contributed by atoms with Crippen LogP contribution in [0.25, 0.3) is 10.9 Å². The van der Waals surface area contributed by atoms with Crippen LogP contribution in [0.4, 0.5) is 11.5 Å². The number of para-hydroxylation sites is 1. The lowest BCUT2D eigenvalue weighted by Crippen LogP contribution is -1.72. The molecule has 0 spiro atoms. The summed E-state index contributed by atoms with van der Waals surface area (Å²) >= 11 is 5.94. The predicted molar refractivity (Wildman–Crippen MR) is 73.4 cm³/mol. The Hall–Kier alpha value is -2.40. The molecule has 0 fully saturated rings. The number of fused-ring (bicyclic) bond motifs is 1. The minimum Gasteiger partial charge on any atom is -0.493 e. The van der Waals surface area contributed by atoms with Crippen LogP contribution in [0.3, 0.4) is 0 Å². The predicted octanol–water partition coefficient (Wildman–Crippen LogP) is 4.34. The van der Waals surface area contributed by atoms with E-state index in [1.807, 2.05) is 24.3 Å². The highest BCUT2D eigenvalue weighted by atomic mass is 35.5. The Kier molecular flexibility index (Phi) is 2.89. The normalized spacial score (nSPS) is 11.4. The van der Waals surface area contributed by atoms with E-state index in [4.69, 9.17) is 11.6 Å². The van der Waals surface area contributed by atoms with Gasteiger partial charge in [-0.3, -0.25) is 0 Å². The molecule has 19 heavy (non-hydrogen) atoms. The third-order valence-corrected chi connectivity index (χ3v) is 2.94. The number of rotatable bonds is 2. The number of azo groups is 1. The third-order valence-electron chi connectivity index (χ3n) is 2.64. The van der Waals surface area contributed by atoms with Crippen LogP contribution in [0, 0.1) is 0 Å². The van der Waals surface area contributed by atoms with Crippen LogP contribution in [0.1, 0.15) is 0 Å². The Morgan fingerprint density at radius 3 is 2.79 bits per heavy atom. The topological polar surface area (TPSA) is 73.6 Å². The Bertz CT molecular complexity index is 766. The molecule has 3 rings (SSSR count). The molecule has 2 N–H and O–H groups in total. The van der Waals surface area contributed by atoms with Crippen LogP contribution in [0.15, 0.2) is 52.8 Å². The van der Waals surface area contributed by atoms with E-state index in [-0.39, 0.29) is 5.88 Å². The summed E-state index contributed by atoms with van der Waals surface area (Å²) in [5.41, 5.74) is 1.17. The maximum absolute atomic E-state index is 9.82. The zero-order valence-electron chi connectivity index (χ0n) is 9.71. The highest BCUT2D eigenvalue weighted by Gasteiger charge is 2.09. The van der Waals surface area contributed by atoms with Crippen LogP contribution in [-0.2, 0) is 0 Å². The van der Waals surface area contributed by atoms with E-state index in [9.17, 15) is 5.11 Å². The number of H-pyrrole nitrogens is 1. The number of benzene rings is 1. The van der Waals surface area contributed by atoms with Crippen molar-refractivity contribution in [3.63, 3.8) is 0 Å². The average Bonchev–Trinajstić information content (AvgIpc) is 2.74. The smallest absolute Gasteiger partial charge is 0.218 e. The van der Waals surface area contributed by atoms with Crippen molar-refractivity contribution in [1.82, 2.24) is 9.97 Å². The summed E-state index contributed by atoms with van der Waals surface area (Å²) < 4.78 is 0. The molecule has 2 aromatic heterocycles. The summed E-state index contributed by atoms with van der Waals surface area (Å²) in [4.78, 5) is 6.83. The van der Waals surface area contributed by atoms with E-state index in [2.05, 4.69) is 20.2 Å². The zero-order chi connectivity index (χ0) is 13.2. The molecule has 0 amide bonds. The SMILES string of the molecule is Oc1[nH]c2ccccc2c1N=Nc1ncccc1Cl. The summed E-state index contributed by atoms with van der Waals surface area (Å²) in [7, 11) is 0. The minimum atomic E-state index is -0.0306. The van der Waals surface area contributed by atoms with Crippen molar-refractivity contribution in [3.8, 4) is 5.88 Å². The molecule has 5 nitrogen and oxygen atoms in total. The maximum Gasteiger partial charge on any atom is 0.218 e. The lowest BCUT2D eigenvalue weighted by Gasteiger charge is -1.94. The van der Waals surface area contributed by atoms with Gasteiger partial charge in [0.2, 0.25) is 5.88 Å². The van der Waals surface area contributed by atoms with Gasteiger partial charge in [-0.25, -0.2) is 4.98 Å². The molecule has 3 aromatic rings. The summed E-state index contributed by atoms with van der Waals surface area (Å²) in [6.45, 7) is 0. The molecule has 0 aliphatic rings. The second kappa shape index (κ2) is 4.70. The number of hydrogen-bond acceptors (Lipinski definition) is 4. The van der Waals surface area contributed by atoms with Crippen LogP contribution >= 0.6 is 11.6 Å². The first-order chi connectivity index (χ1) is 9.25. The van der Waals surface area contributed by atoms with Gasteiger partial charge in [-0.1, -0.05) is 29.8 Å². The van der Waals surface area contributed by atoms with Crippen molar-refractivity contribution < 1.29 is 5.11 Å². The lowest BCUT2D eigenvalue weighted by molar-refractivity contribution is 0.459. The molecule has 6 heteroatoms. The molecule has 0 aliphatic heterocycles. The molecular formula is C13H9ClN4O. The monoisotopic (exact) mass is 272 g/mol. The number of aromatic amines is 1. The van der Waals surface area contributed by atoms with Crippen molar-refractivity contribution >= 4 is 34.0 Å². The van der Waals surface area contributed by atoms with Gasteiger partial charge in [0.25, 0.3) is 0 Å². The highest BCUT2D eigenvalue weighted by molar-refractivity contribution is 6.32. The number of hydrogen-bond donors (Lipinski definition) is 2. The van der Waals surface area contributed by atoms with E-state index < -0.39 is 0 Å². The van der Waals surface area contributed by atoms with Gasteiger partial charge in [0.05, 0.1) is 10.5 Å². The number of pyridine rings is 1. The first-order valence-electron chi connectivity index (χ1n) is 5.57. The first kappa shape index (κ1) is 11.7. The number of nitrogens with zero attached hydrogens (tertiary/aromatic N) is 3. The van der Waals surface area contributed by atoms with Gasteiger partial charge in [0, 0.05) is 11.6 Å². The van der Waals surface area contributed by atoms with E-state index >= 15 is 0 Å². The van der Waals surface area contributed by atoms with Crippen molar-refractivity contribution in [2.75, 3.05) is 0 Å². The summed E-state index contributed by atoms with van der Waals surface area (Å²) in [5, 5.41) is 19.0. The molecule has 0 unspecified atom stereocenters. The Morgan fingerprint density at radius 1 is 1.11 bits per heavy atom. The largest absolute Gasteiger partial charge is 0.493 e. The fourth-order valence-electron chi connectivity index (χ4n) is 1.76. The van der Waals surface area contributed by atoms with Crippen molar-refractivity contribution in [3.05, 3.63) is 47.6 Å². The van der Waals surface area contributed by atoms with Gasteiger partial charge < -0.3 is 10.1 Å². The van der Waals surface area contributed by atoms with Gasteiger partial charge in [-0.15, -0.1) is 10.2 Å². The van der Waals surface area contributed by atoms with Crippen molar-refractivity contribution in [2.45, 2.75) is 0 Å². The second-order valence-electron chi connectivity index (χ2n) is 3.88. The number of aromatic hydroxyl groups is 1. The van der Waals surface area contributed by atoms with E-state index in [0.29, 0.717) is 16.5 Å². The molecule has 0 radical (unpaired) electrons. The third kappa shape index (κ3) is 2.15. The Balaban J connectivity index is 2.06. The standard InChI is InChI=1S/C13H9ClN4O/c14-9-5-3-7-15-12(9)18-17-11-8-4-1-2-6-10(8)16-13(11)19/h1-7,16,19H. The Labute approximate surface area is 113 Å². The van der Waals surface area contributed by atoms with Crippen LogP contribution in [0.5, 0.6) is 5.88 Å². The van der Waals surface area contributed by atoms with E-state index in [1.54, 1.807) is 18.3 Å². The van der Waals surface area contributed by atoms with Crippen molar-refractivity contribution in [2.24, 2.45) is 10.2 Å². The minimum absolute atomic E-state index is 0.0306. The van der Waals surface area contributed by atoms with Gasteiger partial charge in [-0.05, 0) is 18.2 Å². The molecule has 0 saturated carbocycles. The van der Waals surface area contributed by atoms with Gasteiger partial charge >= 0.3 is 0 Å². The van der Waals surface area contributed by atoms with Crippen LogP contribution < -0.4 is 0 Å². The summed E-state index contributed by atoms with van der Waals surface area (Å²) in [6, 6.07) is 10.8. The lowest BCUT2D eigenvalue weighted by atomic mass is 10.2. The molecule has 2 heterocycles. The quantitative estimate of drug-likeness (QED) is 0.681. The first-order valence-corrected chi connectivity index (χ1v) is 5.95. The maximum atomic E-state index is 9.82. The zero-order valence-corrected chi connectivity index (χ0v) is 10.5. The molecule has 94 valence electrons. The van der Waals surface area contributed by atoms with Crippen LogP contribution in [-0.4, -0.2) is 15.1 Å². The van der Waals surface area contributed by atoms with Crippen molar-refractivity contribution in [1.29, 1.82) is 0 Å². The molecule has 0 bridgehead atoms.